The maximum Gasteiger partial charge on any atom is 0.417 e. The summed E-state index contributed by atoms with van der Waals surface area (Å²) in [6, 6.07) is 11.8. The standard InChI is InChI=1S/C25H30F3N3O3/c1-23(2,33)17-24(18-7-4-3-5-8-18)12-14-31(22(32)34-24)20-9-6-13-30(16-20)21-11-10-19(15-29-21)25(26,27)28/h3-5,7-8,10-11,15,20,33H,6,9,12-14,16-17H2,1-2H3. The molecular formula is C25H30F3N3O3. The summed E-state index contributed by atoms with van der Waals surface area (Å²) in [4.78, 5) is 20.9. The molecule has 0 aliphatic carbocycles. The van der Waals surface area contributed by atoms with Crippen molar-refractivity contribution >= 4 is 11.9 Å². The molecule has 2 aliphatic heterocycles. The number of rotatable bonds is 5. The number of carbonyl (C=O) groups is 1. The number of aliphatic hydroxyl groups is 1. The molecule has 1 N–H and O–H groups in total. The average molecular weight is 478 g/mol. The molecule has 0 spiro atoms. The summed E-state index contributed by atoms with van der Waals surface area (Å²) in [7, 11) is 0. The number of anilines is 1. The lowest BCUT2D eigenvalue weighted by Crippen LogP contribution is -2.57. The van der Waals surface area contributed by atoms with E-state index in [-0.39, 0.29) is 12.5 Å². The normalized spacial score (nSPS) is 24.2. The Morgan fingerprint density at radius 2 is 1.88 bits per heavy atom. The van der Waals surface area contributed by atoms with Crippen molar-refractivity contribution in [3.63, 3.8) is 0 Å². The molecule has 2 fully saturated rings. The third-order valence-corrected chi connectivity index (χ3v) is 6.53. The number of benzene rings is 1. The van der Waals surface area contributed by atoms with Gasteiger partial charge in [-0.05, 0) is 44.4 Å². The summed E-state index contributed by atoms with van der Waals surface area (Å²) in [5.74, 6) is 0.462. The van der Waals surface area contributed by atoms with E-state index in [2.05, 4.69) is 4.98 Å². The second kappa shape index (κ2) is 9.09. The van der Waals surface area contributed by atoms with E-state index in [1.165, 1.54) is 6.07 Å². The van der Waals surface area contributed by atoms with E-state index in [9.17, 15) is 23.1 Å². The third-order valence-electron chi connectivity index (χ3n) is 6.53. The van der Waals surface area contributed by atoms with Gasteiger partial charge in [0.2, 0.25) is 0 Å². The monoisotopic (exact) mass is 477 g/mol. The lowest BCUT2D eigenvalue weighted by atomic mass is 9.80. The largest absolute Gasteiger partial charge is 0.438 e. The van der Waals surface area contributed by atoms with Crippen molar-refractivity contribution in [1.82, 2.24) is 9.88 Å². The zero-order valence-corrected chi connectivity index (χ0v) is 19.4. The molecule has 6 nitrogen and oxygen atoms in total. The fourth-order valence-corrected chi connectivity index (χ4v) is 5.03. The quantitative estimate of drug-likeness (QED) is 0.659. The number of cyclic esters (lactones) is 1. The smallest absolute Gasteiger partial charge is 0.417 e. The zero-order valence-electron chi connectivity index (χ0n) is 19.4. The van der Waals surface area contributed by atoms with Crippen LogP contribution in [0.25, 0.3) is 0 Å². The van der Waals surface area contributed by atoms with Crippen molar-refractivity contribution in [3.05, 3.63) is 59.8 Å². The Morgan fingerprint density at radius 1 is 1.15 bits per heavy atom. The van der Waals surface area contributed by atoms with Crippen LogP contribution in [0.5, 0.6) is 0 Å². The predicted octanol–water partition coefficient (Wildman–Crippen LogP) is 4.97. The van der Waals surface area contributed by atoms with Crippen LogP contribution in [-0.4, -0.2) is 52.4 Å². The van der Waals surface area contributed by atoms with Crippen molar-refractivity contribution in [3.8, 4) is 0 Å². The van der Waals surface area contributed by atoms with Gasteiger partial charge in [0.1, 0.15) is 11.4 Å². The minimum absolute atomic E-state index is 0.138. The lowest BCUT2D eigenvalue weighted by Gasteiger charge is -2.47. The molecule has 0 bridgehead atoms. The van der Waals surface area contributed by atoms with Crippen molar-refractivity contribution in [2.45, 2.75) is 63.0 Å². The predicted molar refractivity (Wildman–Crippen MR) is 121 cm³/mol. The fourth-order valence-electron chi connectivity index (χ4n) is 5.03. The first-order chi connectivity index (χ1) is 16.0. The van der Waals surface area contributed by atoms with Crippen LogP contribution >= 0.6 is 0 Å². The highest BCUT2D eigenvalue weighted by molar-refractivity contribution is 5.70. The van der Waals surface area contributed by atoms with E-state index in [0.717, 1.165) is 30.7 Å². The summed E-state index contributed by atoms with van der Waals surface area (Å²) in [6.45, 7) is 4.99. The van der Waals surface area contributed by atoms with E-state index in [4.69, 9.17) is 4.74 Å². The number of nitrogens with zero attached hydrogens (tertiary/aromatic N) is 3. The van der Waals surface area contributed by atoms with Gasteiger partial charge in [-0.1, -0.05) is 30.3 Å². The Balaban J connectivity index is 1.49. The van der Waals surface area contributed by atoms with Crippen LogP contribution in [0.1, 0.15) is 50.7 Å². The Labute approximate surface area is 197 Å². The minimum atomic E-state index is -4.43. The van der Waals surface area contributed by atoms with Crippen molar-refractivity contribution in [2.24, 2.45) is 0 Å². The molecule has 1 aromatic carbocycles. The van der Waals surface area contributed by atoms with E-state index in [0.29, 0.717) is 31.9 Å². The number of halogens is 3. The van der Waals surface area contributed by atoms with Crippen molar-refractivity contribution in [1.29, 1.82) is 0 Å². The summed E-state index contributed by atoms with van der Waals surface area (Å²) < 4.78 is 44.7. The van der Waals surface area contributed by atoms with E-state index < -0.39 is 29.0 Å². The van der Waals surface area contributed by atoms with Gasteiger partial charge in [-0.15, -0.1) is 0 Å². The van der Waals surface area contributed by atoms with Gasteiger partial charge in [0, 0.05) is 38.7 Å². The summed E-state index contributed by atoms with van der Waals surface area (Å²) in [6.07, 6.45) is -1.66. The Bertz CT molecular complexity index is 992. The Kier molecular flexibility index (Phi) is 6.50. The molecular weight excluding hydrogens is 447 g/mol. The molecule has 3 heterocycles. The minimum Gasteiger partial charge on any atom is -0.438 e. The molecule has 34 heavy (non-hydrogen) atoms. The Hall–Kier alpha value is -2.81. The maximum absolute atomic E-state index is 13.2. The number of pyridine rings is 1. The molecule has 9 heteroatoms. The molecule has 2 atom stereocenters. The summed E-state index contributed by atoms with van der Waals surface area (Å²) in [5.41, 5.74) is -1.89. The van der Waals surface area contributed by atoms with Gasteiger partial charge in [0.05, 0.1) is 17.2 Å². The number of aromatic nitrogens is 1. The average Bonchev–Trinajstić information content (AvgIpc) is 2.78. The first-order valence-corrected chi connectivity index (χ1v) is 11.5. The number of carbonyl (C=O) groups excluding carboxylic acids is 1. The molecule has 2 aliphatic rings. The van der Waals surface area contributed by atoms with Gasteiger partial charge in [-0.2, -0.15) is 13.2 Å². The van der Waals surface area contributed by atoms with Gasteiger partial charge < -0.3 is 19.6 Å². The van der Waals surface area contributed by atoms with Crippen molar-refractivity contribution < 1.29 is 27.8 Å². The number of alkyl halides is 3. The Morgan fingerprint density at radius 3 is 2.47 bits per heavy atom. The van der Waals surface area contributed by atoms with Gasteiger partial charge in [0.15, 0.2) is 0 Å². The third kappa shape index (κ3) is 5.29. The number of hydrogen-bond acceptors (Lipinski definition) is 5. The number of hydrogen-bond donors (Lipinski definition) is 1. The molecule has 2 saturated heterocycles. The molecule has 2 unspecified atom stereocenters. The second-order valence-electron chi connectivity index (χ2n) is 9.81. The highest BCUT2D eigenvalue weighted by atomic mass is 19.4. The van der Waals surface area contributed by atoms with Crippen LogP contribution in [0.3, 0.4) is 0 Å². The van der Waals surface area contributed by atoms with Crippen LogP contribution in [0.15, 0.2) is 48.7 Å². The van der Waals surface area contributed by atoms with E-state index in [1.54, 1.807) is 18.7 Å². The van der Waals surface area contributed by atoms with Gasteiger partial charge >= 0.3 is 12.3 Å². The fraction of sp³-hybridized carbons (Fsp3) is 0.520. The molecule has 4 rings (SSSR count). The van der Waals surface area contributed by atoms with Crippen LogP contribution in [0, 0.1) is 0 Å². The van der Waals surface area contributed by atoms with E-state index in [1.807, 2.05) is 35.2 Å². The highest BCUT2D eigenvalue weighted by Gasteiger charge is 2.47. The number of ether oxygens (including phenoxy) is 1. The summed E-state index contributed by atoms with van der Waals surface area (Å²) >= 11 is 0. The van der Waals surface area contributed by atoms with Gasteiger partial charge in [0.25, 0.3) is 0 Å². The van der Waals surface area contributed by atoms with Crippen LogP contribution in [0.4, 0.5) is 23.8 Å². The lowest BCUT2D eigenvalue weighted by molar-refractivity contribution is -0.137. The molecule has 184 valence electrons. The van der Waals surface area contributed by atoms with E-state index >= 15 is 0 Å². The molecule has 0 saturated carbocycles. The van der Waals surface area contributed by atoms with Gasteiger partial charge in [-0.3, -0.25) is 0 Å². The number of piperidine rings is 1. The topological polar surface area (TPSA) is 65.9 Å². The first-order valence-electron chi connectivity index (χ1n) is 11.5. The molecule has 0 radical (unpaired) electrons. The zero-order chi connectivity index (χ0) is 24.6. The highest BCUT2D eigenvalue weighted by Crippen LogP contribution is 2.41. The summed E-state index contributed by atoms with van der Waals surface area (Å²) in [5, 5.41) is 10.5. The van der Waals surface area contributed by atoms with Crippen LogP contribution in [-0.2, 0) is 16.5 Å². The van der Waals surface area contributed by atoms with Gasteiger partial charge in [-0.25, -0.2) is 9.78 Å². The van der Waals surface area contributed by atoms with Crippen LogP contribution < -0.4 is 4.90 Å². The van der Waals surface area contributed by atoms with Crippen LogP contribution in [0.2, 0.25) is 0 Å². The second-order valence-corrected chi connectivity index (χ2v) is 9.81. The molecule has 1 aromatic heterocycles. The molecule has 1 amide bonds. The SMILES string of the molecule is CC(C)(O)CC1(c2ccccc2)CCN(C2CCCN(c3ccc(C(F)(F)F)cn3)C2)C(=O)O1. The molecule has 2 aromatic rings. The van der Waals surface area contributed by atoms with Crippen molar-refractivity contribution in [2.75, 3.05) is 24.5 Å². The maximum atomic E-state index is 13.2. The first kappa shape index (κ1) is 24.3. The number of amides is 1.